The minimum Gasteiger partial charge on any atom is -0.493 e. The Morgan fingerprint density at radius 2 is 1.85 bits per heavy atom. The molecule has 1 aliphatic heterocycles. The number of carbonyl (C=O) groups is 2. The van der Waals surface area contributed by atoms with Crippen LogP contribution in [0.3, 0.4) is 0 Å². The highest BCUT2D eigenvalue weighted by atomic mass is 32.1. The molecule has 0 bridgehead atoms. The molecule has 6 nitrogen and oxygen atoms in total. The normalized spacial score (nSPS) is 18.0. The Bertz CT molecular complexity index is 1130. The van der Waals surface area contributed by atoms with Crippen molar-refractivity contribution in [1.82, 2.24) is 5.32 Å². The number of thiophene rings is 1. The van der Waals surface area contributed by atoms with Crippen molar-refractivity contribution in [2.75, 3.05) is 25.7 Å². The molecule has 3 aromatic rings. The van der Waals surface area contributed by atoms with Crippen LogP contribution >= 0.6 is 11.3 Å². The van der Waals surface area contributed by atoms with E-state index in [1.165, 1.54) is 4.88 Å². The van der Waals surface area contributed by atoms with Crippen LogP contribution in [0.2, 0.25) is 0 Å². The van der Waals surface area contributed by atoms with Crippen molar-refractivity contribution in [1.29, 1.82) is 0 Å². The first kappa shape index (κ1) is 23.8. The molecule has 7 heteroatoms. The Kier molecular flexibility index (Phi) is 7.53. The Hall–Kier alpha value is -3.32. The highest BCUT2D eigenvalue weighted by Crippen LogP contribution is 2.42. The van der Waals surface area contributed by atoms with E-state index in [1.54, 1.807) is 30.5 Å². The average molecular weight is 479 g/mol. The van der Waals surface area contributed by atoms with Crippen LogP contribution in [0.4, 0.5) is 5.69 Å². The Balaban J connectivity index is 1.68. The summed E-state index contributed by atoms with van der Waals surface area (Å²) in [7, 11) is 3.17. The molecule has 2 amide bonds. The zero-order chi connectivity index (χ0) is 24.1. The second-order valence-electron chi connectivity index (χ2n) is 8.42. The van der Waals surface area contributed by atoms with E-state index in [2.05, 4.69) is 11.4 Å². The molecule has 1 saturated heterocycles. The number of nitrogens with one attached hydrogen (secondary N) is 1. The van der Waals surface area contributed by atoms with Gasteiger partial charge in [-0.05, 0) is 61.0 Å². The van der Waals surface area contributed by atoms with E-state index in [-0.39, 0.29) is 17.7 Å². The van der Waals surface area contributed by atoms with Crippen LogP contribution in [-0.2, 0) is 16.0 Å². The molecule has 0 aliphatic carbocycles. The number of aryl methyl sites for hydroxylation is 1. The van der Waals surface area contributed by atoms with Crippen molar-refractivity contribution in [3.8, 4) is 11.5 Å². The van der Waals surface area contributed by atoms with Gasteiger partial charge in [0.25, 0.3) is 0 Å². The van der Waals surface area contributed by atoms with Crippen molar-refractivity contribution in [3.63, 3.8) is 0 Å². The average Bonchev–Trinajstić information content (AvgIpc) is 3.37. The van der Waals surface area contributed by atoms with E-state index in [1.807, 2.05) is 60.8 Å². The summed E-state index contributed by atoms with van der Waals surface area (Å²) < 4.78 is 10.9. The van der Waals surface area contributed by atoms with Gasteiger partial charge in [-0.25, -0.2) is 0 Å². The molecule has 2 unspecified atom stereocenters. The quantitative estimate of drug-likeness (QED) is 0.499. The molecule has 1 aromatic heterocycles. The first-order valence-corrected chi connectivity index (χ1v) is 12.3. The first-order chi connectivity index (χ1) is 16.5. The second-order valence-corrected chi connectivity index (χ2v) is 9.46. The lowest BCUT2D eigenvalue weighted by Crippen LogP contribution is -2.48. The maximum atomic E-state index is 13.4. The van der Waals surface area contributed by atoms with E-state index in [4.69, 9.17) is 9.47 Å². The molecule has 4 rings (SSSR count). The zero-order valence-corrected chi connectivity index (χ0v) is 20.6. The Morgan fingerprint density at radius 1 is 1.09 bits per heavy atom. The lowest BCUT2D eigenvalue weighted by atomic mass is 9.83. The molecule has 2 heterocycles. The summed E-state index contributed by atoms with van der Waals surface area (Å²) in [5.41, 5.74) is 2.73. The Morgan fingerprint density at radius 3 is 2.53 bits per heavy atom. The fourth-order valence-corrected chi connectivity index (χ4v) is 5.20. The van der Waals surface area contributed by atoms with Crippen LogP contribution in [0.1, 0.15) is 34.9 Å². The first-order valence-electron chi connectivity index (χ1n) is 11.4. The lowest BCUT2D eigenvalue weighted by Gasteiger charge is -2.41. The SMILES string of the molecule is COc1ccc(C2C(C(=O)NCCc3cccs3)CCC(=O)N2c2ccc(C)cc2)cc1OC. The molecule has 34 heavy (non-hydrogen) atoms. The molecule has 1 N–H and O–H groups in total. The number of hydrogen-bond acceptors (Lipinski definition) is 5. The largest absolute Gasteiger partial charge is 0.493 e. The number of benzene rings is 2. The van der Waals surface area contributed by atoms with Gasteiger partial charge in [-0.1, -0.05) is 29.8 Å². The number of amides is 2. The third kappa shape index (κ3) is 5.09. The smallest absolute Gasteiger partial charge is 0.227 e. The molecular weight excluding hydrogens is 448 g/mol. The van der Waals surface area contributed by atoms with E-state index >= 15 is 0 Å². The van der Waals surface area contributed by atoms with Crippen molar-refractivity contribution < 1.29 is 19.1 Å². The van der Waals surface area contributed by atoms with Crippen LogP contribution in [0.5, 0.6) is 11.5 Å². The molecule has 0 radical (unpaired) electrons. The van der Waals surface area contributed by atoms with Crippen molar-refractivity contribution in [2.45, 2.75) is 32.2 Å². The van der Waals surface area contributed by atoms with Crippen molar-refractivity contribution in [2.24, 2.45) is 5.92 Å². The molecular formula is C27H30N2O4S. The number of methoxy groups -OCH3 is 2. The third-order valence-corrected chi connectivity index (χ3v) is 7.18. The van der Waals surface area contributed by atoms with Gasteiger partial charge in [0.1, 0.15) is 0 Å². The predicted octanol–water partition coefficient (Wildman–Crippen LogP) is 4.92. The van der Waals surface area contributed by atoms with Crippen LogP contribution in [-0.4, -0.2) is 32.6 Å². The van der Waals surface area contributed by atoms with Crippen LogP contribution < -0.4 is 19.7 Å². The summed E-state index contributed by atoms with van der Waals surface area (Å²) in [5, 5.41) is 5.15. The highest BCUT2D eigenvalue weighted by molar-refractivity contribution is 7.09. The summed E-state index contributed by atoms with van der Waals surface area (Å²) in [6.07, 6.45) is 1.60. The van der Waals surface area contributed by atoms with Gasteiger partial charge in [-0.3, -0.25) is 9.59 Å². The number of carbonyl (C=O) groups excluding carboxylic acids is 2. The fraction of sp³-hybridized carbons (Fsp3) is 0.333. The van der Waals surface area contributed by atoms with Gasteiger partial charge >= 0.3 is 0 Å². The predicted molar refractivity (Wildman–Crippen MR) is 135 cm³/mol. The molecule has 1 aliphatic rings. The Labute approximate surface area is 204 Å². The van der Waals surface area contributed by atoms with E-state index < -0.39 is 6.04 Å². The topological polar surface area (TPSA) is 67.9 Å². The van der Waals surface area contributed by atoms with Crippen molar-refractivity contribution in [3.05, 3.63) is 76.0 Å². The molecule has 0 saturated carbocycles. The van der Waals surface area contributed by atoms with Gasteiger partial charge in [-0.2, -0.15) is 0 Å². The van der Waals surface area contributed by atoms with Gasteiger partial charge in [0, 0.05) is 23.5 Å². The van der Waals surface area contributed by atoms with Gasteiger partial charge in [0.2, 0.25) is 11.8 Å². The summed E-state index contributed by atoms with van der Waals surface area (Å²) in [4.78, 5) is 29.6. The third-order valence-electron chi connectivity index (χ3n) is 6.25. The van der Waals surface area contributed by atoms with Gasteiger partial charge in [0.15, 0.2) is 11.5 Å². The standard InChI is InChI=1S/C27H30N2O4S/c1-18-6-9-20(10-7-18)29-25(30)13-11-22(27(31)28-15-14-21-5-4-16-34-21)26(29)19-8-12-23(32-2)24(17-19)33-3/h4-10,12,16-17,22,26H,11,13-15H2,1-3H3,(H,28,31). The highest BCUT2D eigenvalue weighted by Gasteiger charge is 2.41. The van der Waals surface area contributed by atoms with Gasteiger partial charge in [0.05, 0.1) is 26.2 Å². The molecule has 1 fully saturated rings. The number of anilines is 1. The molecule has 0 spiro atoms. The zero-order valence-electron chi connectivity index (χ0n) is 19.7. The summed E-state index contributed by atoms with van der Waals surface area (Å²) in [6, 6.07) is 17.1. The maximum Gasteiger partial charge on any atom is 0.227 e. The number of rotatable bonds is 8. The second kappa shape index (κ2) is 10.7. The number of piperidine rings is 1. The maximum absolute atomic E-state index is 13.4. The van der Waals surface area contributed by atoms with E-state index in [0.29, 0.717) is 30.9 Å². The minimum absolute atomic E-state index is 0.00581. The molecule has 178 valence electrons. The fourth-order valence-electron chi connectivity index (χ4n) is 4.49. The lowest BCUT2D eigenvalue weighted by molar-refractivity contribution is -0.129. The number of nitrogens with zero attached hydrogens (tertiary/aromatic N) is 1. The van der Waals surface area contributed by atoms with Crippen LogP contribution in [0.15, 0.2) is 60.0 Å². The van der Waals surface area contributed by atoms with Crippen LogP contribution in [0.25, 0.3) is 0 Å². The number of hydrogen-bond donors (Lipinski definition) is 1. The molecule has 2 atom stereocenters. The van der Waals surface area contributed by atoms with Crippen LogP contribution in [0, 0.1) is 12.8 Å². The molecule has 2 aromatic carbocycles. The minimum atomic E-state index is -0.453. The van der Waals surface area contributed by atoms with Crippen molar-refractivity contribution >= 4 is 28.8 Å². The van der Waals surface area contributed by atoms with Gasteiger partial charge in [-0.15, -0.1) is 11.3 Å². The monoisotopic (exact) mass is 478 g/mol. The van der Waals surface area contributed by atoms with E-state index in [9.17, 15) is 9.59 Å². The summed E-state index contributed by atoms with van der Waals surface area (Å²) in [5.74, 6) is 0.749. The summed E-state index contributed by atoms with van der Waals surface area (Å²) in [6.45, 7) is 2.57. The van der Waals surface area contributed by atoms with E-state index in [0.717, 1.165) is 23.2 Å². The number of ether oxygens (including phenoxy) is 2. The van der Waals surface area contributed by atoms with Gasteiger partial charge < -0.3 is 19.7 Å². The summed E-state index contributed by atoms with van der Waals surface area (Å²) >= 11 is 1.68.